The van der Waals surface area contributed by atoms with Crippen molar-refractivity contribution in [1.29, 1.82) is 5.41 Å². The van der Waals surface area contributed by atoms with Gasteiger partial charge in [0.15, 0.2) is 11.5 Å². The van der Waals surface area contributed by atoms with Crippen molar-refractivity contribution in [3.05, 3.63) is 36.4 Å². The minimum atomic E-state index is -0.0507. The van der Waals surface area contributed by atoms with E-state index in [4.69, 9.17) is 15.9 Å². The molecule has 0 atom stereocenters. The van der Waals surface area contributed by atoms with E-state index in [1.54, 1.807) is 29.3 Å². The molecular weight excluding hydrogens is 218 g/mol. The first-order valence-electron chi connectivity index (χ1n) is 5.19. The normalized spacial score (nSPS) is 10.2. The van der Waals surface area contributed by atoms with Crippen molar-refractivity contribution in [3.63, 3.8) is 0 Å². The van der Waals surface area contributed by atoms with E-state index < -0.39 is 0 Å². The van der Waals surface area contributed by atoms with Gasteiger partial charge < -0.3 is 10.5 Å². The van der Waals surface area contributed by atoms with Gasteiger partial charge in [0.2, 0.25) is 0 Å². The first kappa shape index (κ1) is 11.1. The molecule has 0 amide bonds. The van der Waals surface area contributed by atoms with E-state index in [1.807, 2.05) is 6.92 Å². The third-order valence-electron chi connectivity index (χ3n) is 2.24. The fourth-order valence-corrected chi connectivity index (χ4v) is 1.38. The van der Waals surface area contributed by atoms with Crippen molar-refractivity contribution in [1.82, 2.24) is 14.8 Å². The van der Waals surface area contributed by atoms with Crippen LogP contribution in [-0.2, 0) is 6.54 Å². The highest BCUT2D eigenvalue weighted by molar-refractivity contribution is 5.97. The smallest absolute Gasteiger partial charge is 0.165 e. The summed E-state index contributed by atoms with van der Waals surface area (Å²) >= 11 is 0. The van der Waals surface area contributed by atoms with E-state index in [9.17, 15) is 0 Å². The lowest BCUT2D eigenvalue weighted by Gasteiger charge is -2.07. The maximum atomic E-state index is 7.43. The molecule has 0 unspecified atom stereocenters. The molecule has 0 spiro atoms. The molecule has 0 bridgehead atoms. The second kappa shape index (κ2) is 4.65. The minimum absolute atomic E-state index is 0.0507. The number of hydrogen-bond acceptors (Lipinski definition) is 4. The van der Waals surface area contributed by atoms with Gasteiger partial charge in [0.25, 0.3) is 0 Å². The number of rotatable bonds is 4. The zero-order chi connectivity index (χ0) is 12.3. The largest absolute Gasteiger partial charge is 0.452 e. The molecule has 2 rings (SSSR count). The van der Waals surface area contributed by atoms with Crippen LogP contribution in [0, 0.1) is 5.41 Å². The van der Waals surface area contributed by atoms with Crippen LogP contribution < -0.4 is 10.5 Å². The van der Waals surface area contributed by atoms with E-state index in [2.05, 4.69) is 10.1 Å². The summed E-state index contributed by atoms with van der Waals surface area (Å²) in [7, 11) is 0. The molecule has 0 aliphatic heterocycles. The summed E-state index contributed by atoms with van der Waals surface area (Å²) < 4.78 is 7.34. The number of ether oxygens (including phenoxy) is 1. The second-order valence-electron chi connectivity index (χ2n) is 3.42. The molecule has 0 saturated heterocycles. The summed E-state index contributed by atoms with van der Waals surface area (Å²) in [6, 6.07) is 1.64. The fourth-order valence-electron chi connectivity index (χ4n) is 1.38. The molecule has 0 fully saturated rings. The van der Waals surface area contributed by atoms with Crippen LogP contribution in [0.2, 0.25) is 0 Å². The van der Waals surface area contributed by atoms with Crippen LogP contribution in [0.5, 0.6) is 11.5 Å². The summed E-state index contributed by atoms with van der Waals surface area (Å²) in [5.74, 6) is 1.00. The van der Waals surface area contributed by atoms with Crippen molar-refractivity contribution >= 4 is 5.84 Å². The summed E-state index contributed by atoms with van der Waals surface area (Å²) in [5, 5.41) is 11.5. The van der Waals surface area contributed by atoms with Gasteiger partial charge in [-0.3, -0.25) is 15.1 Å². The molecule has 6 nitrogen and oxygen atoms in total. The molecule has 0 saturated carbocycles. The van der Waals surface area contributed by atoms with Crippen LogP contribution >= 0.6 is 0 Å². The average molecular weight is 231 g/mol. The Morgan fingerprint density at radius 1 is 1.53 bits per heavy atom. The van der Waals surface area contributed by atoms with Crippen molar-refractivity contribution in [3.8, 4) is 11.5 Å². The van der Waals surface area contributed by atoms with Crippen molar-refractivity contribution in [2.45, 2.75) is 13.5 Å². The summed E-state index contributed by atoms with van der Waals surface area (Å²) in [6.07, 6.45) is 6.48. The molecule has 2 aromatic rings. The third kappa shape index (κ3) is 2.41. The highest BCUT2D eigenvalue weighted by atomic mass is 16.5. The molecule has 0 aromatic carbocycles. The number of amidine groups is 1. The van der Waals surface area contributed by atoms with E-state index >= 15 is 0 Å². The number of nitrogens with two attached hydrogens (primary N) is 1. The number of pyridine rings is 1. The SMILES string of the molecule is CCn1cc(Oc2cnccc2C(=N)N)cn1. The lowest BCUT2D eigenvalue weighted by Crippen LogP contribution is -2.12. The Kier molecular flexibility index (Phi) is 3.04. The molecular formula is C11H13N5O. The van der Waals surface area contributed by atoms with Gasteiger partial charge >= 0.3 is 0 Å². The lowest BCUT2D eigenvalue weighted by atomic mass is 10.2. The second-order valence-corrected chi connectivity index (χ2v) is 3.42. The monoisotopic (exact) mass is 231 g/mol. The number of hydrogen-bond donors (Lipinski definition) is 2. The molecule has 2 heterocycles. The molecule has 6 heteroatoms. The van der Waals surface area contributed by atoms with Crippen LogP contribution in [0.1, 0.15) is 12.5 Å². The van der Waals surface area contributed by atoms with E-state index in [0.29, 0.717) is 17.1 Å². The van der Waals surface area contributed by atoms with Gasteiger partial charge in [-0.15, -0.1) is 0 Å². The van der Waals surface area contributed by atoms with Gasteiger partial charge in [0.05, 0.1) is 24.2 Å². The quantitative estimate of drug-likeness (QED) is 0.614. The Bertz CT molecular complexity index is 534. The molecule has 0 aliphatic carbocycles. The maximum Gasteiger partial charge on any atom is 0.165 e. The van der Waals surface area contributed by atoms with Crippen molar-refractivity contribution in [2.24, 2.45) is 5.73 Å². The van der Waals surface area contributed by atoms with Gasteiger partial charge in [-0.25, -0.2) is 0 Å². The molecule has 3 N–H and O–H groups in total. The molecule has 2 aromatic heterocycles. The predicted molar refractivity (Wildman–Crippen MR) is 63.2 cm³/mol. The van der Waals surface area contributed by atoms with Crippen LogP contribution in [-0.4, -0.2) is 20.6 Å². The zero-order valence-corrected chi connectivity index (χ0v) is 9.42. The number of aryl methyl sites for hydroxylation is 1. The zero-order valence-electron chi connectivity index (χ0n) is 9.42. The Morgan fingerprint density at radius 3 is 3.00 bits per heavy atom. The number of aromatic nitrogens is 3. The van der Waals surface area contributed by atoms with Crippen LogP contribution in [0.25, 0.3) is 0 Å². The van der Waals surface area contributed by atoms with Crippen LogP contribution in [0.3, 0.4) is 0 Å². The standard InChI is InChI=1S/C11H13N5O/c1-2-16-7-8(5-15-16)17-10-6-14-4-3-9(10)11(12)13/h3-7H,2H2,1H3,(H3,12,13). The number of nitrogens with zero attached hydrogens (tertiary/aromatic N) is 3. The fraction of sp³-hybridized carbons (Fsp3) is 0.182. The maximum absolute atomic E-state index is 7.43. The van der Waals surface area contributed by atoms with Gasteiger partial charge in [-0.2, -0.15) is 5.10 Å². The van der Waals surface area contributed by atoms with E-state index in [-0.39, 0.29) is 5.84 Å². The van der Waals surface area contributed by atoms with E-state index in [1.165, 1.54) is 6.20 Å². The van der Waals surface area contributed by atoms with Gasteiger partial charge in [-0.1, -0.05) is 0 Å². The van der Waals surface area contributed by atoms with E-state index in [0.717, 1.165) is 6.54 Å². The lowest BCUT2D eigenvalue weighted by molar-refractivity contribution is 0.477. The first-order chi connectivity index (χ1) is 8.20. The number of nitrogen functional groups attached to an aromatic ring is 1. The van der Waals surface area contributed by atoms with Crippen LogP contribution in [0.4, 0.5) is 0 Å². The summed E-state index contributed by atoms with van der Waals surface area (Å²) in [4.78, 5) is 3.95. The Labute approximate surface area is 98.5 Å². The highest BCUT2D eigenvalue weighted by Gasteiger charge is 2.08. The Morgan fingerprint density at radius 2 is 2.35 bits per heavy atom. The topological polar surface area (TPSA) is 89.8 Å². The van der Waals surface area contributed by atoms with Gasteiger partial charge in [-0.05, 0) is 13.0 Å². The Hall–Kier alpha value is -2.37. The first-order valence-corrected chi connectivity index (χ1v) is 5.19. The molecule has 88 valence electrons. The Balaban J connectivity index is 2.26. The molecule has 17 heavy (non-hydrogen) atoms. The van der Waals surface area contributed by atoms with Crippen molar-refractivity contribution in [2.75, 3.05) is 0 Å². The minimum Gasteiger partial charge on any atom is -0.452 e. The van der Waals surface area contributed by atoms with Gasteiger partial charge in [0, 0.05) is 12.7 Å². The number of nitrogens with one attached hydrogen (secondary N) is 1. The van der Waals surface area contributed by atoms with Gasteiger partial charge in [0.1, 0.15) is 5.84 Å². The summed E-state index contributed by atoms with van der Waals surface area (Å²) in [5.41, 5.74) is 5.97. The molecule has 0 aliphatic rings. The highest BCUT2D eigenvalue weighted by Crippen LogP contribution is 2.23. The third-order valence-corrected chi connectivity index (χ3v) is 2.24. The molecule has 0 radical (unpaired) electrons. The van der Waals surface area contributed by atoms with Crippen LogP contribution in [0.15, 0.2) is 30.9 Å². The summed E-state index contributed by atoms with van der Waals surface area (Å²) in [6.45, 7) is 2.76. The predicted octanol–water partition coefficient (Wildman–Crippen LogP) is 1.37. The van der Waals surface area contributed by atoms with Crippen molar-refractivity contribution < 1.29 is 4.74 Å². The average Bonchev–Trinajstić information content (AvgIpc) is 2.77.